The fourth-order valence-corrected chi connectivity index (χ4v) is 3.08. The number of hydrogen-bond acceptors (Lipinski definition) is 2. The van der Waals surface area contributed by atoms with Crippen LogP contribution in [0.5, 0.6) is 0 Å². The highest BCUT2D eigenvalue weighted by Gasteiger charge is 2.27. The predicted molar refractivity (Wildman–Crippen MR) is 104 cm³/mol. The molecular formula is C22H31NO. The molecule has 130 valence electrons. The summed E-state index contributed by atoms with van der Waals surface area (Å²) in [5.74, 6) is 0. The van der Waals surface area contributed by atoms with Crippen molar-refractivity contribution in [3.8, 4) is 0 Å². The lowest BCUT2D eigenvalue weighted by Crippen LogP contribution is -2.29. The molecule has 1 aliphatic carbocycles. The number of ether oxygens (including phenoxy) is 1. The summed E-state index contributed by atoms with van der Waals surface area (Å²) < 4.78 is 5.83. The summed E-state index contributed by atoms with van der Waals surface area (Å²) in [6, 6.07) is 10.2. The normalized spacial score (nSPS) is 20.5. The zero-order valence-electron chi connectivity index (χ0n) is 15.2. The molecule has 2 nitrogen and oxygen atoms in total. The Labute approximate surface area is 147 Å². The van der Waals surface area contributed by atoms with Crippen molar-refractivity contribution < 1.29 is 4.74 Å². The summed E-state index contributed by atoms with van der Waals surface area (Å²) >= 11 is 0. The molecule has 2 heteroatoms. The van der Waals surface area contributed by atoms with E-state index in [0.717, 1.165) is 24.1 Å². The van der Waals surface area contributed by atoms with Crippen molar-refractivity contribution in [1.29, 1.82) is 0 Å². The SMILES string of the molecule is CCCCCCCCC1(OC)C=CC(N=Cc2ccccc2)=CC1. The quantitative estimate of drug-likeness (QED) is 0.377. The monoisotopic (exact) mass is 325 g/mol. The van der Waals surface area contributed by atoms with Gasteiger partial charge in [0.1, 0.15) is 0 Å². The van der Waals surface area contributed by atoms with Crippen LogP contribution >= 0.6 is 0 Å². The van der Waals surface area contributed by atoms with Crippen LogP contribution < -0.4 is 0 Å². The first-order valence-electron chi connectivity index (χ1n) is 9.32. The zero-order chi connectivity index (χ0) is 17.1. The molecule has 0 saturated heterocycles. The topological polar surface area (TPSA) is 21.6 Å². The van der Waals surface area contributed by atoms with E-state index >= 15 is 0 Å². The second-order valence-corrected chi connectivity index (χ2v) is 6.62. The van der Waals surface area contributed by atoms with Crippen molar-refractivity contribution in [3.05, 3.63) is 59.8 Å². The molecule has 24 heavy (non-hydrogen) atoms. The Morgan fingerprint density at radius 1 is 1.08 bits per heavy atom. The van der Waals surface area contributed by atoms with E-state index in [1.165, 1.54) is 38.5 Å². The van der Waals surface area contributed by atoms with Crippen molar-refractivity contribution in [2.75, 3.05) is 7.11 Å². The van der Waals surface area contributed by atoms with Crippen LogP contribution in [0.3, 0.4) is 0 Å². The lowest BCUT2D eigenvalue weighted by Gasteiger charge is -2.30. The molecule has 0 bridgehead atoms. The molecule has 1 aromatic carbocycles. The number of methoxy groups -OCH3 is 1. The first kappa shape index (κ1) is 18.7. The van der Waals surface area contributed by atoms with Crippen LogP contribution in [0.15, 0.2) is 59.2 Å². The number of unbranched alkanes of at least 4 members (excludes halogenated alkanes) is 5. The highest BCUT2D eigenvalue weighted by atomic mass is 16.5. The maximum atomic E-state index is 5.83. The molecular weight excluding hydrogens is 294 g/mol. The van der Waals surface area contributed by atoms with E-state index in [2.05, 4.69) is 42.3 Å². The van der Waals surface area contributed by atoms with Crippen LogP contribution in [0.1, 0.15) is 63.9 Å². The molecule has 0 N–H and O–H groups in total. The lowest BCUT2D eigenvalue weighted by molar-refractivity contribution is 0.0241. The average molecular weight is 325 g/mol. The van der Waals surface area contributed by atoms with Crippen LogP contribution in [0.25, 0.3) is 0 Å². The Bertz CT molecular complexity index is 559. The minimum atomic E-state index is -0.128. The van der Waals surface area contributed by atoms with Gasteiger partial charge in [0.25, 0.3) is 0 Å². The number of nitrogens with zero attached hydrogens (tertiary/aromatic N) is 1. The molecule has 0 spiro atoms. The van der Waals surface area contributed by atoms with E-state index in [1.807, 2.05) is 31.5 Å². The van der Waals surface area contributed by atoms with Crippen molar-refractivity contribution in [2.24, 2.45) is 4.99 Å². The van der Waals surface area contributed by atoms with Gasteiger partial charge in [-0.3, -0.25) is 4.99 Å². The molecule has 1 aliphatic rings. The molecule has 1 atom stereocenters. The molecule has 1 unspecified atom stereocenters. The van der Waals surface area contributed by atoms with Crippen molar-refractivity contribution >= 4 is 6.21 Å². The largest absolute Gasteiger partial charge is 0.374 e. The summed E-state index contributed by atoms with van der Waals surface area (Å²) in [6.45, 7) is 2.26. The van der Waals surface area contributed by atoms with Gasteiger partial charge < -0.3 is 4.74 Å². The number of aliphatic imine (C=N–C) groups is 1. The summed E-state index contributed by atoms with van der Waals surface area (Å²) in [5, 5.41) is 0. The Kier molecular flexibility index (Phi) is 7.97. The minimum Gasteiger partial charge on any atom is -0.374 e. The molecule has 0 amide bonds. The fourth-order valence-electron chi connectivity index (χ4n) is 3.08. The van der Waals surface area contributed by atoms with E-state index in [1.54, 1.807) is 0 Å². The van der Waals surface area contributed by atoms with Gasteiger partial charge in [-0.15, -0.1) is 0 Å². The molecule has 0 aliphatic heterocycles. The highest BCUT2D eigenvalue weighted by molar-refractivity contribution is 5.80. The summed E-state index contributed by atoms with van der Waals surface area (Å²) in [5.41, 5.74) is 2.02. The van der Waals surface area contributed by atoms with Gasteiger partial charge in [-0.1, -0.05) is 87.9 Å². The second kappa shape index (κ2) is 10.2. The fraction of sp³-hybridized carbons (Fsp3) is 0.500. The Morgan fingerprint density at radius 3 is 2.50 bits per heavy atom. The highest BCUT2D eigenvalue weighted by Crippen LogP contribution is 2.30. The summed E-state index contributed by atoms with van der Waals surface area (Å²) in [4.78, 5) is 4.58. The molecule has 0 heterocycles. The van der Waals surface area contributed by atoms with E-state index in [0.29, 0.717) is 0 Å². The van der Waals surface area contributed by atoms with Gasteiger partial charge in [-0.05, 0) is 18.1 Å². The summed E-state index contributed by atoms with van der Waals surface area (Å²) in [6.07, 6.45) is 18.4. The van der Waals surface area contributed by atoms with E-state index in [-0.39, 0.29) is 5.60 Å². The van der Waals surface area contributed by atoms with E-state index in [9.17, 15) is 0 Å². The predicted octanol–water partition coefficient (Wildman–Crippen LogP) is 6.09. The van der Waals surface area contributed by atoms with Crippen LogP contribution in [0.2, 0.25) is 0 Å². The van der Waals surface area contributed by atoms with Gasteiger partial charge in [0.2, 0.25) is 0 Å². The third kappa shape index (κ3) is 6.09. The minimum absolute atomic E-state index is 0.128. The van der Waals surface area contributed by atoms with Crippen molar-refractivity contribution in [1.82, 2.24) is 0 Å². The Morgan fingerprint density at radius 2 is 1.83 bits per heavy atom. The Hall–Kier alpha value is -1.67. The smallest absolute Gasteiger partial charge is 0.0897 e. The molecule has 2 rings (SSSR count). The van der Waals surface area contributed by atoms with Crippen molar-refractivity contribution in [3.63, 3.8) is 0 Å². The van der Waals surface area contributed by atoms with Crippen LogP contribution in [0, 0.1) is 0 Å². The first-order chi connectivity index (χ1) is 11.8. The zero-order valence-corrected chi connectivity index (χ0v) is 15.2. The third-order valence-electron chi connectivity index (χ3n) is 4.74. The Balaban J connectivity index is 1.80. The number of allylic oxidation sites excluding steroid dienone is 1. The maximum Gasteiger partial charge on any atom is 0.0897 e. The third-order valence-corrected chi connectivity index (χ3v) is 4.74. The van der Waals surface area contributed by atoms with E-state index in [4.69, 9.17) is 4.74 Å². The maximum absolute atomic E-state index is 5.83. The number of rotatable bonds is 10. The van der Waals surface area contributed by atoms with Crippen LogP contribution in [-0.2, 0) is 4.74 Å². The van der Waals surface area contributed by atoms with Gasteiger partial charge in [0.15, 0.2) is 0 Å². The lowest BCUT2D eigenvalue weighted by atomic mass is 9.88. The van der Waals surface area contributed by atoms with Crippen molar-refractivity contribution in [2.45, 2.75) is 63.9 Å². The van der Waals surface area contributed by atoms with Crippen LogP contribution in [0.4, 0.5) is 0 Å². The van der Waals surface area contributed by atoms with Gasteiger partial charge in [-0.25, -0.2) is 0 Å². The number of benzene rings is 1. The molecule has 1 aromatic rings. The first-order valence-corrected chi connectivity index (χ1v) is 9.32. The molecule has 0 saturated carbocycles. The molecule has 0 aromatic heterocycles. The van der Waals surface area contributed by atoms with Gasteiger partial charge >= 0.3 is 0 Å². The van der Waals surface area contributed by atoms with Gasteiger partial charge in [-0.2, -0.15) is 0 Å². The standard InChI is InChI=1S/C22H31NO/c1-3-4-5-6-7-11-16-22(24-2)17-14-21(15-18-22)23-19-20-12-9-8-10-13-20/h8-10,12-15,17,19H,3-7,11,16,18H2,1-2H3. The second-order valence-electron chi connectivity index (χ2n) is 6.62. The van der Waals surface area contributed by atoms with Gasteiger partial charge in [0.05, 0.1) is 11.3 Å². The molecule has 0 radical (unpaired) electrons. The molecule has 0 fully saturated rings. The van der Waals surface area contributed by atoms with Gasteiger partial charge in [0, 0.05) is 19.7 Å². The van der Waals surface area contributed by atoms with Crippen LogP contribution in [-0.4, -0.2) is 18.9 Å². The summed E-state index contributed by atoms with van der Waals surface area (Å²) in [7, 11) is 1.83. The average Bonchev–Trinajstić information content (AvgIpc) is 2.65. The number of hydrogen-bond donors (Lipinski definition) is 0. The van der Waals surface area contributed by atoms with E-state index < -0.39 is 0 Å².